The lowest BCUT2D eigenvalue weighted by Gasteiger charge is -2.39. The number of fused-ring (bicyclic) bond motifs is 1. The lowest BCUT2D eigenvalue weighted by Crippen LogP contribution is -2.47. The van der Waals surface area contributed by atoms with Crippen LogP contribution in [0.2, 0.25) is 10.0 Å². The lowest BCUT2D eigenvalue weighted by atomic mass is 9.87. The van der Waals surface area contributed by atoms with Crippen LogP contribution in [0.5, 0.6) is 0 Å². The van der Waals surface area contributed by atoms with E-state index >= 15 is 4.39 Å². The molecule has 2 atom stereocenters. The smallest absolute Gasteiger partial charge is 0.257 e. The number of amides is 1. The molecule has 2 aromatic carbocycles. The molecule has 1 N–H and O–H groups in total. The number of rotatable bonds is 8. The van der Waals surface area contributed by atoms with Crippen LogP contribution in [-0.4, -0.2) is 37.1 Å². The second kappa shape index (κ2) is 10.2. The van der Waals surface area contributed by atoms with E-state index in [0.29, 0.717) is 45.3 Å². The molecule has 1 unspecified atom stereocenters. The van der Waals surface area contributed by atoms with Gasteiger partial charge in [0.25, 0.3) is 5.91 Å². The van der Waals surface area contributed by atoms with Crippen LogP contribution in [0, 0.1) is 18.7 Å². The van der Waals surface area contributed by atoms with Gasteiger partial charge in [0, 0.05) is 30.0 Å². The average Bonchev–Trinajstić information content (AvgIpc) is 3.67. The number of hydrogen-bond acceptors (Lipinski definition) is 5. The normalized spacial score (nSPS) is 19.9. The Morgan fingerprint density at radius 1 is 1.15 bits per heavy atom. The minimum atomic E-state index is -1.66. The van der Waals surface area contributed by atoms with E-state index in [9.17, 15) is 9.90 Å². The van der Waals surface area contributed by atoms with Gasteiger partial charge in [0.15, 0.2) is 5.72 Å². The molecule has 0 bridgehead atoms. The Balaban J connectivity index is 1.55. The first-order chi connectivity index (χ1) is 19.5. The number of pyridine rings is 1. The van der Waals surface area contributed by atoms with Gasteiger partial charge >= 0.3 is 0 Å². The van der Waals surface area contributed by atoms with E-state index in [4.69, 9.17) is 27.9 Å². The minimum absolute atomic E-state index is 0.0303. The summed E-state index contributed by atoms with van der Waals surface area (Å²) in [6, 6.07) is 13.1. The van der Waals surface area contributed by atoms with E-state index in [2.05, 4.69) is 9.97 Å². The van der Waals surface area contributed by atoms with Gasteiger partial charge < -0.3 is 14.4 Å². The number of carbonyl (C=O) groups excluding carboxylic acids is 1. The molecule has 6 rings (SSSR count). The van der Waals surface area contributed by atoms with Crippen molar-refractivity contribution in [3.63, 3.8) is 0 Å². The number of aryl methyl sites for hydroxylation is 2. The minimum Gasteiger partial charge on any atom is -0.379 e. The highest BCUT2D eigenvalue weighted by Gasteiger charge is 2.55. The Hall–Kier alpha value is -3.30. The Morgan fingerprint density at radius 2 is 1.85 bits per heavy atom. The standard InChI is InChI=1S/C31H29Cl2FN4O3/c1-18-36-27(16-37(18)3)30(2,40)21-12-25-28(26(34)13-21)31(41-17-19-4-5-19,20-6-8-22(32)9-7-20)38(29(25)39)15-24-11-10-23(33)14-35-24/h6-14,16,19,40H,4-5,15,17H2,1-3H3/t30?,31-/m1/s1. The summed E-state index contributed by atoms with van der Waals surface area (Å²) in [4.78, 5) is 24.7. The molecule has 4 aromatic rings. The van der Waals surface area contributed by atoms with Crippen LogP contribution in [0.1, 0.15) is 64.0 Å². The zero-order chi connectivity index (χ0) is 29.1. The van der Waals surface area contributed by atoms with Gasteiger partial charge in [0.05, 0.1) is 40.7 Å². The number of hydrogen-bond donors (Lipinski definition) is 1. The molecule has 1 amide bonds. The van der Waals surface area contributed by atoms with Gasteiger partial charge in [-0.1, -0.05) is 35.3 Å². The molecule has 2 aromatic heterocycles. The van der Waals surface area contributed by atoms with Crippen LogP contribution in [-0.2, 0) is 29.7 Å². The number of aromatic nitrogens is 3. The molecule has 2 aliphatic rings. The second-order valence-electron chi connectivity index (χ2n) is 11.0. The SMILES string of the molecule is Cc1nc(C(C)(O)c2cc(F)c3c(c2)C(=O)N(Cc2ccc(Cl)cn2)[C@@]3(OCC2CC2)c2ccc(Cl)cc2)cn1C. The summed E-state index contributed by atoms with van der Waals surface area (Å²) >= 11 is 12.3. The van der Waals surface area contributed by atoms with Crippen molar-refractivity contribution in [3.8, 4) is 0 Å². The topological polar surface area (TPSA) is 80.5 Å². The molecule has 41 heavy (non-hydrogen) atoms. The van der Waals surface area contributed by atoms with Crippen molar-refractivity contribution < 1.29 is 19.0 Å². The summed E-state index contributed by atoms with van der Waals surface area (Å²) in [5, 5.41) is 12.5. The van der Waals surface area contributed by atoms with Crippen molar-refractivity contribution in [1.82, 2.24) is 19.4 Å². The highest BCUT2D eigenvalue weighted by atomic mass is 35.5. The van der Waals surface area contributed by atoms with E-state index in [1.165, 1.54) is 17.2 Å². The predicted molar refractivity (Wildman–Crippen MR) is 153 cm³/mol. The van der Waals surface area contributed by atoms with Crippen LogP contribution < -0.4 is 0 Å². The maximum absolute atomic E-state index is 16.6. The van der Waals surface area contributed by atoms with E-state index in [-0.39, 0.29) is 23.2 Å². The molecule has 1 saturated carbocycles. The summed E-state index contributed by atoms with van der Waals surface area (Å²) in [5.74, 6) is -0.105. The van der Waals surface area contributed by atoms with Crippen LogP contribution in [0.3, 0.4) is 0 Å². The molecule has 1 aliphatic heterocycles. The maximum Gasteiger partial charge on any atom is 0.257 e. The number of carbonyl (C=O) groups is 1. The van der Waals surface area contributed by atoms with Crippen molar-refractivity contribution in [1.29, 1.82) is 0 Å². The van der Waals surface area contributed by atoms with Gasteiger partial charge in [0.1, 0.15) is 17.2 Å². The highest BCUT2D eigenvalue weighted by Crippen LogP contribution is 2.50. The molecule has 1 aliphatic carbocycles. The van der Waals surface area contributed by atoms with Gasteiger partial charge in [-0.3, -0.25) is 14.7 Å². The fourth-order valence-corrected chi connectivity index (χ4v) is 5.58. The van der Waals surface area contributed by atoms with E-state index < -0.39 is 23.1 Å². The van der Waals surface area contributed by atoms with Gasteiger partial charge in [-0.15, -0.1) is 0 Å². The molecule has 212 valence electrons. The molecule has 0 radical (unpaired) electrons. The Morgan fingerprint density at radius 3 is 2.46 bits per heavy atom. The molecule has 1 fully saturated rings. The number of imidazole rings is 1. The van der Waals surface area contributed by atoms with Crippen molar-refractivity contribution >= 4 is 29.1 Å². The fourth-order valence-electron chi connectivity index (χ4n) is 5.34. The van der Waals surface area contributed by atoms with Crippen LogP contribution in [0.4, 0.5) is 4.39 Å². The fraction of sp³-hybridized carbons (Fsp3) is 0.323. The largest absolute Gasteiger partial charge is 0.379 e. The van der Waals surface area contributed by atoms with Crippen molar-refractivity contribution in [3.05, 3.63) is 116 Å². The van der Waals surface area contributed by atoms with Gasteiger partial charge in [-0.2, -0.15) is 0 Å². The van der Waals surface area contributed by atoms with Crippen LogP contribution in [0.15, 0.2) is 60.9 Å². The summed E-state index contributed by atoms with van der Waals surface area (Å²) in [7, 11) is 1.81. The van der Waals surface area contributed by atoms with Crippen molar-refractivity contribution in [2.45, 2.75) is 44.6 Å². The Kier molecular flexibility index (Phi) is 6.93. The molecule has 10 heteroatoms. The van der Waals surface area contributed by atoms with E-state index in [0.717, 1.165) is 12.8 Å². The molecule has 3 heterocycles. The van der Waals surface area contributed by atoms with Crippen LogP contribution >= 0.6 is 23.2 Å². The van der Waals surface area contributed by atoms with Gasteiger partial charge in [-0.05, 0) is 74.6 Å². The van der Waals surface area contributed by atoms with Crippen molar-refractivity contribution in [2.75, 3.05) is 6.61 Å². The number of benzene rings is 2. The third-order valence-corrected chi connectivity index (χ3v) is 8.50. The Bertz CT molecular complexity index is 1620. The summed E-state index contributed by atoms with van der Waals surface area (Å²) in [5.41, 5.74) is -1.38. The van der Waals surface area contributed by atoms with E-state index in [1.807, 2.05) is 14.0 Å². The lowest BCUT2D eigenvalue weighted by molar-refractivity contribution is -0.117. The van der Waals surface area contributed by atoms with Gasteiger partial charge in [0.2, 0.25) is 0 Å². The van der Waals surface area contributed by atoms with Crippen molar-refractivity contribution in [2.24, 2.45) is 13.0 Å². The maximum atomic E-state index is 16.6. The predicted octanol–water partition coefficient (Wildman–Crippen LogP) is 6.11. The third kappa shape index (κ3) is 4.83. The third-order valence-electron chi connectivity index (χ3n) is 8.02. The zero-order valence-electron chi connectivity index (χ0n) is 22.9. The average molecular weight is 596 g/mol. The first-order valence-electron chi connectivity index (χ1n) is 13.4. The molecule has 7 nitrogen and oxygen atoms in total. The number of halogens is 3. The Labute approximate surface area is 247 Å². The number of aliphatic hydroxyl groups is 1. The molecular weight excluding hydrogens is 566 g/mol. The summed E-state index contributed by atoms with van der Waals surface area (Å²) in [6.45, 7) is 3.72. The number of ether oxygens (including phenoxy) is 1. The van der Waals surface area contributed by atoms with E-state index in [1.54, 1.807) is 60.2 Å². The molecular formula is C31H29Cl2FN4O3. The quantitative estimate of drug-likeness (QED) is 0.266. The number of nitrogens with zero attached hydrogens (tertiary/aromatic N) is 4. The van der Waals surface area contributed by atoms with Crippen LogP contribution in [0.25, 0.3) is 0 Å². The monoisotopic (exact) mass is 594 g/mol. The summed E-state index contributed by atoms with van der Waals surface area (Å²) in [6.07, 6.45) is 5.20. The van der Waals surface area contributed by atoms with Gasteiger partial charge in [-0.25, -0.2) is 9.37 Å². The highest BCUT2D eigenvalue weighted by molar-refractivity contribution is 6.30. The first-order valence-corrected chi connectivity index (χ1v) is 14.2. The zero-order valence-corrected chi connectivity index (χ0v) is 24.4. The molecule has 0 spiro atoms. The second-order valence-corrected chi connectivity index (χ2v) is 11.9. The summed E-state index contributed by atoms with van der Waals surface area (Å²) < 4.78 is 25.0. The molecule has 0 saturated heterocycles. The first kappa shape index (κ1) is 27.8.